The number of halogens is 1. The second-order valence-corrected chi connectivity index (χ2v) is 5.77. The van der Waals surface area contributed by atoms with Crippen LogP contribution in [0.4, 0.5) is 0 Å². The summed E-state index contributed by atoms with van der Waals surface area (Å²) in [5.74, 6) is 1.59. The summed E-state index contributed by atoms with van der Waals surface area (Å²) in [6.07, 6.45) is 1.73. The van der Waals surface area contributed by atoms with Crippen molar-refractivity contribution in [2.75, 3.05) is 27.2 Å². The van der Waals surface area contributed by atoms with Crippen LogP contribution in [-0.2, 0) is 6.42 Å². The van der Waals surface area contributed by atoms with Crippen LogP contribution in [0.3, 0.4) is 0 Å². The molecular formula is C16H28ClNO2. The summed E-state index contributed by atoms with van der Waals surface area (Å²) in [7, 11) is 3.89. The number of ether oxygens (including phenoxy) is 1. The van der Waals surface area contributed by atoms with Crippen LogP contribution in [0.5, 0.6) is 5.75 Å². The molecule has 1 aromatic carbocycles. The minimum atomic E-state index is -0.451. The van der Waals surface area contributed by atoms with Crippen molar-refractivity contribution >= 4 is 12.4 Å². The molecule has 0 aliphatic rings. The summed E-state index contributed by atoms with van der Waals surface area (Å²) in [5, 5.41) is 9.82. The van der Waals surface area contributed by atoms with Gasteiger partial charge in [-0.2, -0.15) is 0 Å². The topological polar surface area (TPSA) is 32.7 Å². The number of hydrogen-bond acceptors (Lipinski definition) is 3. The molecule has 116 valence electrons. The molecule has 1 rings (SSSR count). The normalized spacial score (nSPS) is 12.3. The van der Waals surface area contributed by atoms with Crippen LogP contribution in [-0.4, -0.2) is 43.4 Å². The highest BCUT2D eigenvalue weighted by atomic mass is 35.5. The number of aliphatic hydroxyl groups is 1. The van der Waals surface area contributed by atoms with E-state index in [2.05, 4.69) is 19.9 Å². The Balaban J connectivity index is 0.00000361. The standard InChI is InChI=1S/C16H27NO2.ClH/c1-13(2)9-10-14-7-5-6-8-16(14)19-12-15(18)11-17(3)4;/h5-8,13,15,18H,9-12H2,1-4H3;1H. The molecule has 0 aliphatic carbocycles. The fourth-order valence-corrected chi connectivity index (χ4v) is 1.96. The van der Waals surface area contributed by atoms with Gasteiger partial charge in [0.15, 0.2) is 0 Å². The van der Waals surface area contributed by atoms with Gasteiger partial charge in [-0.25, -0.2) is 0 Å². The van der Waals surface area contributed by atoms with E-state index in [1.165, 1.54) is 5.56 Å². The van der Waals surface area contributed by atoms with E-state index in [9.17, 15) is 5.11 Å². The first-order valence-corrected chi connectivity index (χ1v) is 7.02. The SMILES string of the molecule is CC(C)CCc1ccccc1OCC(O)CN(C)C.Cl. The van der Waals surface area contributed by atoms with Gasteiger partial charge in [0.25, 0.3) is 0 Å². The zero-order valence-corrected chi connectivity index (χ0v) is 13.8. The first-order chi connectivity index (χ1) is 8.99. The molecule has 0 saturated heterocycles. The molecule has 1 N–H and O–H groups in total. The molecule has 0 heterocycles. The fraction of sp³-hybridized carbons (Fsp3) is 0.625. The highest BCUT2D eigenvalue weighted by molar-refractivity contribution is 5.85. The Labute approximate surface area is 129 Å². The molecule has 0 aromatic heterocycles. The van der Waals surface area contributed by atoms with Gasteiger partial charge >= 0.3 is 0 Å². The van der Waals surface area contributed by atoms with Gasteiger partial charge < -0.3 is 14.7 Å². The lowest BCUT2D eigenvalue weighted by molar-refractivity contribution is 0.0827. The summed E-state index contributed by atoms with van der Waals surface area (Å²) >= 11 is 0. The van der Waals surface area contributed by atoms with Gasteiger partial charge in [-0.05, 0) is 44.5 Å². The van der Waals surface area contributed by atoms with Gasteiger partial charge in [0.05, 0.1) is 0 Å². The van der Waals surface area contributed by atoms with Crippen LogP contribution in [0.25, 0.3) is 0 Å². The molecule has 0 aliphatic heterocycles. The molecule has 0 spiro atoms. The van der Waals surface area contributed by atoms with Crippen LogP contribution in [0.2, 0.25) is 0 Å². The molecule has 3 nitrogen and oxygen atoms in total. The van der Waals surface area contributed by atoms with Crippen LogP contribution in [0.15, 0.2) is 24.3 Å². The van der Waals surface area contributed by atoms with Crippen molar-refractivity contribution < 1.29 is 9.84 Å². The number of hydrogen-bond donors (Lipinski definition) is 1. The molecule has 1 unspecified atom stereocenters. The van der Waals surface area contributed by atoms with E-state index in [-0.39, 0.29) is 12.4 Å². The van der Waals surface area contributed by atoms with Gasteiger partial charge in [-0.3, -0.25) is 0 Å². The third kappa shape index (κ3) is 7.73. The zero-order valence-electron chi connectivity index (χ0n) is 13.0. The quantitative estimate of drug-likeness (QED) is 0.801. The third-order valence-electron chi connectivity index (χ3n) is 2.97. The Morgan fingerprint density at radius 1 is 1.20 bits per heavy atom. The molecule has 0 bridgehead atoms. The second kappa shape index (κ2) is 10.0. The Bertz CT molecular complexity index is 369. The summed E-state index contributed by atoms with van der Waals surface area (Å²) in [4.78, 5) is 1.96. The maximum Gasteiger partial charge on any atom is 0.122 e. The van der Waals surface area contributed by atoms with Crippen molar-refractivity contribution in [2.24, 2.45) is 5.92 Å². The average molecular weight is 302 g/mol. The van der Waals surface area contributed by atoms with Crippen LogP contribution < -0.4 is 4.74 Å². The lowest BCUT2D eigenvalue weighted by atomic mass is 10.0. The van der Waals surface area contributed by atoms with E-state index in [4.69, 9.17) is 4.74 Å². The maximum absolute atomic E-state index is 9.82. The third-order valence-corrected chi connectivity index (χ3v) is 2.97. The Morgan fingerprint density at radius 3 is 2.45 bits per heavy atom. The second-order valence-electron chi connectivity index (χ2n) is 5.77. The van der Waals surface area contributed by atoms with Crippen LogP contribution >= 0.6 is 12.4 Å². The molecule has 1 aromatic rings. The molecule has 0 fully saturated rings. The van der Waals surface area contributed by atoms with Gasteiger partial charge in [0.2, 0.25) is 0 Å². The van der Waals surface area contributed by atoms with E-state index < -0.39 is 6.10 Å². The van der Waals surface area contributed by atoms with E-state index in [1.54, 1.807) is 0 Å². The summed E-state index contributed by atoms with van der Waals surface area (Å²) in [5.41, 5.74) is 1.23. The number of para-hydroxylation sites is 1. The molecule has 1 atom stereocenters. The largest absolute Gasteiger partial charge is 0.491 e. The number of likely N-dealkylation sites (N-methyl/N-ethyl adjacent to an activating group) is 1. The Morgan fingerprint density at radius 2 is 1.85 bits per heavy atom. The first kappa shape index (κ1) is 19.2. The zero-order chi connectivity index (χ0) is 14.3. The minimum Gasteiger partial charge on any atom is -0.491 e. The van der Waals surface area contributed by atoms with Crippen molar-refractivity contribution in [1.29, 1.82) is 0 Å². The van der Waals surface area contributed by atoms with Crippen LogP contribution in [0, 0.1) is 5.92 Å². The summed E-state index contributed by atoms with van der Waals surface area (Å²) < 4.78 is 5.76. The van der Waals surface area contributed by atoms with E-state index in [0.717, 1.165) is 18.6 Å². The molecule has 0 amide bonds. The number of nitrogens with zero attached hydrogens (tertiary/aromatic N) is 1. The smallest absolute Gasteiger partial charge is 0.122 e. The number of aryl methyl sites for hydroxylation is 1. The summed E-state index contributed by atoms with van der Waals surface area (Å²) in [6, 6.07) is 8.11. The predicted molar refractivity (Wildman–Crippen MR) is 86.9 cm³/mol. The van der Waals surface area contributed by atoms with Crippen molar-refractivity contribution in [1.82, 2.24) is 4.90 Å². The lowest BCUT2D eigenvalue weighted by Gasteiger charge is -2.18. The highest BCUT2D eigenvalue weighted by Gasteiger charge is 2.09. The van der Waals surface area contributed by atoms with Crippen molar-refractivity contribution in [2.45, 2.75) is 32.8 Å². The Hall–Kier alpha value is -0.770. The maximum atomic E-state index is 9.82. The molecule has 4 heteroatoms. The molecule has 0 saturated carbocycles. The van der Waals surface area contributed by atoms with Crippen LogP contribution in [0.1, 0.15) is 25.8 Å². The van der Waals surface area contributed by atoms with Gasteiger partial charge in [0, 0.05) is 6.54 Å². The number of rotatable bonds is 8. The van der Waals surface area contributed by atoms with E-state index >= 15 is 0 Å². The fourth-order valence-electron chi connectivity index (χ4n) is 1.96. The molecular weight excluding hydrogens is 274 g/mol. The highest BCUT2D eigenvalue weighted by Crippen LogP contribution is 2.21. The Kier molecular flexibility index (Phi) is 9.64. The summed E-state index contributed by atoms with van der Waals surface area (Å²) in [6.45, 7) is 5.42. The minimum absolute atomic E-state index is 0. The lowest BCUT2D eigenvalue weighted by Crippen LogP contribution is -2.30. The molecule has 0 radical (unpaired) electrons. The van der Waals surface area contributed by atoms with Crippen molar-refractivity contribution in [3.63, 3.8) is 0 Å². The van der Waals surface area contributed by atoms with Gasteiger partial charge in [-0.15, -0.1) is 12.4 Å². The van der Waals surface area contributed by atoms with Gasteiger partial charge in [0.1, 0.15) is 18.5 Å². The molecule has 20 heavy (non-hydrogen) atoms. The van der Waals surface area contributed by atoms with E-state index in [1.807, 2.05) is 37.2 Å². The average Bonchev–Trinajstić information content (AvgIpc) is 2.34. The van der Waals surface area contributed by atoms with Gasteiger partial charge in [-0.1, -0.05) is 32.0 Å². The number of benzene rings is 1. The van der Waals surface area contributed by atoms with Crippen molar-refractivity contribution in [3.05, 3.63) is 29.8 Å². The van der Waals surface area contributed by atoms with E-state index in [0.29, 0.717) is 19.1 Å². The monoisotopic (exact) mass is 301 g/mol. The first-order valence-electron chi connectivity index (χ1n) is 7.02. The number of aliphatic hydroxyl groups excluding tert-OH is 1. The van der Waals surface area contributed by atoms with Crippen molar-refractivity contribution in [3.8, 4) is 5.75 Å². The predicted octanol–water partition coefficient (Wildman–Crippen LogP) is 3.00.